The Morgan fingerprint density at radius 3 is 2.46 bits per heavy atom. The summed E-state index contributed by atoms with van der Waals surface area (Å²) < 4.78 is 10.6. The summed E-state index contributed by atoms with van der Waals surface area (Å²) in [6.45, 7) is 5.90. The summed E-state index contributed by atoms with van der Waals surface area (Å²) in [5, 5.41) is 0. The Bertz CT molecular complexity index is 686. The molecule has 0 saturated heterocycles. The molecule has 4 saturated carbocycles. The van der Waals surface area contributed by atoms with E-state index in [1.807, 2.05) is 6.92 Å². The van der Waals surface area contributed by atoms with Crippen LogP contribution in [0, 0.1) is 40.4 Å². The molecule has 4 aliphatic carbocycles. The molecule has 0 aromatic carbocycles. The second kappa shape index (κ2) is 6.84. The minimum absolute atomic E-state index is 0.0341. The first-order valence-electron chi connectivity index (χ1n) is 11.0. The summed E-state index contributed by atoms with van der Waals surface area (Å²) >= 11 is 0. The highest BCUT2D eigenvalue weighted by Gasteiger charge is 2.65. The molecule has 0 amide bonds. The van der Waals surface area contributed by atoms with Gasteiger partial charge in [-0.05, 0) is 74.0 Å². The van der Waals surface area contributed by atoms with Crippen molar-refractivity contribution in [2.24, 2.45) is 40.4 Å². The number of carbonyl (C=O) groups is 3. The zero-order valence-electron chi connectivity index (χ0n) is 17.7. The Hall–Kier alpha value is -1.39. The van der Waals surface area contributed by atoms with Gasteiger partial charge in [-0.15, -0.1) is 0 Å². The lowest BCUT2D eigenvalue weighted by Gasteiger charge is -2.60. The van der Waals surface area contributed by atoms with Gasteiger partial charge in [0.2, 0.25) is 0 Å². The number of carbonyl (C=O) groups excluding carboxylic acids is 3. The quantitative estimate of drug-likeness (QED) is 0.668. The Labute approximate surface area is 167 Å². The van der Waals surface area contributed by atoms with Crippen LogP contribution in [0.4, 0.5) is 0 Å². The van der Waals surface area contributed by atoms with Crippen molar-refractivity contribution >= 4 is 17.7 Å². The third kappa shape index (κ3) is 2.75. The van der Waals surface area contributed by atoms with Gasteiger partial charge in [-0.1, -0.05) is 13.8 Å². The molecule has 0 aliphatic heterocycles. The smallest absolute Gasteiger partial charge is 0.309 e. The normalized spacial score (nSPS) is 47.5. The summed E-state index contributed by atoms with van der Waals surface area (Å²) in [5.41, 5.74) is -0.410. The molecule has 4 rings (SSSR count). The summed E-state index contributed by atoms with van der Waals surface area (Å²) in [5.74, 6) is 1.32. The maximum Gasteiger partial charge on any atom is 0.309 e. The number of Topliss-reactive ketones (excluding diaryl/α,β-unsaturated/α-hetero) is 1. The van der Waals surface area contributed by atoms with Crippen molar-refractivity contribution in [3.05, 3.63) is 0 Å². The number of hydrogen-bond acceptors (Lipinski definition) is 5. The van der Waals surface area contributed by atoms with Gasteiger partial charge in [0.15, 0.2) is 0 Å². The van der Waals surface area contributed by atoms with Gasteiger partial charge < -0.3 is 9.47 Å². The zero-order valence-corrected chi connectivity index (χ0v) is 17.7. The molecular formula is C23H34O5. The highest BCUT2D eigenvalue weighted by atomic mass is 16.5. The van der Waals surface area contributed by atoms with Crippen LogP contribution in [0.2, 0.25) is 0 Å². The molecule has 0 aromatic heterocycles. The molecule has 0 unspecified atom stereocenters. The third-order valence-corrected chi connectivity index (χ3v) is 9.30. The Morgan fingerprint density at radius 1 is 1.04 bits per heavy atom. The van der Waals surface area contributed by atoms with Gasteiger partial charge in [0.25, 0.3) is 0 Å². The van der Waals surface area contributed by atoms with E-state index in [1.165, 1.54) is 14.0 Å². The SMILES string of the molecule is COC(=O)[C@H]1CC[C@H]2[C@@H]3CC[C@H]4C[C@H](OC(C)=O)CC[C@]4(C)[C@H]3CC(=O)[C@]12C. The van der Waals surface area contributed by atoms with Gasteiger partial charge in [0.1, 0.15) is 11.9 Å². The van der Waals surface area contributed by atoms with Gasteiger partial charge in [-0.2, -0.15) is 0 Å². The fraction of sp³-hybridized carbons (Fsp3) is 0.870. The number of ketones is 1. The molecule has 156 valence electrons. The maximum atomic E-state index is 13.4. The molecule has 5 nitrogen and oxygen atoms in total. The highest BCUT2D eigenvalue weighted by Crippen LogP contribution is 2.66. The molecule has 0 radical (unpaired) electrons. The van der Waals surface area contributed by atoms with E-state index in [-0.39, 0.29) is 35.2 Å². The lowest BCUT2D eigenvalue weighted by Crippen LogP contribution is -2.57. The van der Waals surface area contributed by atoms with Crippen LogP contribution in [-0.2, 0) is 23.9 Å². The number of hydrogen-bond donors (Lipinski definition) is 0. The van der Waals surface area contributed by atoms with E-state index in [9.17, 15) is 14.4 Å². The van der Waals surface area contributed by atoms with Gasteiger partial charge in [0.05, 0.1) is 13.0 Å². The lowest BCUT2D eigenvalue weighted by molar-refractivity contribution is -0.171. The number of ether oxygens (including phenoxy) is 2. The van der Waals surface area contributed by atoms with Crippen LogP contribution < -0.4 is 0 Å². The number of methoxy groups -OCH3 is 1. The van der Waals surface area contributed by atoms with Crippen LogP contribution in [0.25, 0.3) is 0 Å². The van der Waals surface area contributed by atoms with E-state index < -0.39 is 5.41 Å². The molecule has 0 heterocycles. The van der Waals surface area contributed by atoms with Crippen LogP contribution in [0.1, 0.15) is 72.1 Å². The van der Waals surface area contributed by atoms with Gasteiger partial charge in [-0.25, -0.2) is 0 Å². The largest absolute Gasteiger partial charge is 0.469 e. The third-order valence-electron chi connectivity index (χ3n) is 9.30. The minimum Gasteiger partial charge on any atom is -0.469 e. The van der Waals surface area contributed by atoms with Crippen molar-refractivity contribution in [1.82, 2.24) is 0 Å². The van der Waals surface area contributed by atoms with Crippen molar-refractivity contribution < 1.29 is 23.9 Å². The lowest BCUT2D eigenvalue weighted by atomic mass is 9.44. The second-order valence-corrected chi connectivity index (χ2v) is 10.2. The Morgan fingerprint density at radius 2 is 1.79 bits per heavy atom. The molecule has 0 spiro atoms. The van der Waals surface area contributed by atoms with E-state index >= 15 is 0 Å². The predicted octanol–water partition coefficient (Wildman–Crippen LogP) is 3.93. The van der Waals surface area contributed by atoms with Gasteiger partial charge in [0, 0.05) is 18.8 Å². The highest BCUT2D eigenvalue weighted by molar-refractivity contribution is 5.92. The van der Waals surface area contributed by atoms with Crippen molar-refractivity contribution in [2.75, 3.05) is 7.11 Å². The molecule has 0 N–H and O–H groups in total. The van der Waals surface area contributed by atoms with E-state index in [0.717, 1.165) is 44.9 Å². The van der Waals surface area contributed by atoms with Crippen LogP contribution in [0.15, 0.2) is 0 Å². The van der Waals surface area contributed by atoms with E-state index in [2.05, 4.69) is 6.92 Å². The predicted molar refractivity (Wildman–Crippen MR) is 103 cm³/mol. The van der Waals surface area contributed by atoms with Gasteiger partial charge in [-0.3, -0.25) is 14.4 Å². The summed E-state index contributed by atoms with van der Waals surface area (Å²) in [6.07, 6.45) is 7.48. The summed E-state index contributed by atoms with van der Waals surface area (Å²) in [4.78, 5) is 37.2. The molecular weight excluding hydrogens is 356 g/mol. The van der Waals surface area contributed by atoms with E-state index in [4.69, 9.17) is 9.47 Å². The van der Waals surface area contributed by atoms with Crippen LogP contribution in [-0.4, -0.2) is 30.9 Å². The number of fused-ring (bicyclic) bond motifs is 5. The first kappa shape index (κ1) is 19.9. The van der Waals surface area contributed by atoms with Crippen LogP contribution >= 0.6 is 0 Å². The Balaban J connectivity index is 1.58. The topological polar surface area (TPSA) is 69.7 Å². The van der Waals surface area contributed by atoms with Crippen LogP contribution in [0.3, 0.4) is 0 Å². The van der Waals surface area contributed by atoms with Gasteiger partial charge >= 0.3 is 11.9 Å². The molecule has 0 aromatic rings. The molecule has 4 fully saturated rings. The average molecular weight is 391 g/mol. The fourth-order valence-electron chi connectivity index (χ4n) is 7.80. The minimum atomic E-state index is -0.549. The molecule has 4 aliphatic rings. The Kier molecular flexibility index (Phi) is 4.86. The number of rotatable bonds is 2. The maximum absolute atomic E-state index is 13.4. The second-order valence-electron chi connectivity index (χ2n) is 10.2. The van der Waals surface area contributed by atoms with Crippen molar-refractivity contribution in [2.45, 2.75) is 78.2 Å². The van der Waals surface area contributed by atoms with E-state index in [1.54, 1.807) is 0 Å². The van der Waals surface area contributed by atoms with Crippen LogP contribution in [0.5, 0.6) is 0 Å². The summed E-state index contributed by atoms with van der Waals surface area (Å²) in [6, 6.07) is 0. The van der Waals surface area contributed by atoms with Crippen molar-refractivity contribution in [3.63, 3.8) is 0 Å². The zero-order chi connectivity index (χ0) is 20.3. The van der Waals surface area contributed by atoms with E-state index in [0.29, 0.717) is 30.1 Å². The number of esters is 2. The standard InChI is InChI=1S/C23H34O5/c1-13(24)28-15-9-10-22(2)14(11-15)5-6-16-17-7-8-18(21(26)27-4)23(17,3)20(25)12-19(16)22/h14-19H,5-12H2,1-4H3/t14-,15+,16-,17-,18+,19-,22-,23-/m0/s1. The summed E-state index contributed by atoms with van der Waals surface area (Å²) in [7, 11) is 1.43. The molecule has 28 heavy (non-hydrogen) atoms. The fourth-order valence-corrected chi connectivity index (χ4v) is 7.80. The monoisotopic (exact) mass is 390 g/mol. The average Bonchev–Trinajstić information content (AvgIpc) is 3.01. The van der Waals surface area contributed by atoms with Crippen molar-refractivity contribution in [3.8, 4) is 0 Å². The molecule has 8 atom stereocenters. The molecule has 5 heteroatoms. The first-order valence-corrected chi connectivity index (χ1v) is 11.0. The molecule has 0 bridgehead atoms. The van der Waals surface area contributed by atoms with Crippen molar-refractivity contribution in [1.29, 1.82) is 0 Å². The first-order chi connectivity index (χ1) is 13.2.